The molecule has 11 heteroatoms. The number of carbonyl (C=O) groups is 3. The highest BCUT2D eigenvalue weighted by atomic mass is 16.7. The molecule has 0 amide bonds. The maximum atomic E-state index is 13.7. The number of guanidine groups is 1. The molecular weight excluding hydrogens is 488 g/mol. The second kappa shape index (κ2) is 11.8. The van der Waals surface area contributed by atoms with E-state index in [1.54, 1.807) is 7.05 Å². The van der Waals surface area contributed by atoms with Gasteiger partial charge < -0.3 is 20.1 Å². The molecule has 2 aliphatic heterocycles. The number of hydrogen-bond donors (Lipinski definition) is 6. The highest BCUT2D eigenvalue weighted by Crippen LogP contribution is 2.61. The van der Waals surface area contributed by atoms with Crippen LogP contribution in [-0.2, 0) is 23.9 Å². The number of esters is 1. The summed E-state index contributed by atoms with van der Waals surface area (Å²) in [6.45, 7) is 3.93. The van der Waals surface area contributed by atoms with Gasteiger partial charge >= 0.3 is 11.9 Å². The molecule has 9 N–H and O–H groups in total. The molecule has 0 aromatic heterocycles. The van der Waals surface area contributed by atoms with E-state index < -0.39 is 23.1 Å². The van der Waals surface area contributed by atoms with Crippen LogP contribution in [0.5, 0.6) is 0 Å². The second-order valence-electron chi connectivity index (χ2n) is 11.4. The van der Waals surface area contributed by atoms with Crippen LogP contribution < -0.4 is 32.0 Å². The Bertz CT molecular complexity index is 985. The zero-order chi connectivity index (χ0) is 27.5. The van der Waals surface area contributed by atoms with Gasteiger partial charge in [0.15, 0.2) is 17.2 Å². The molecule has 38 heavy (non-hydrogen) atoms. The van der Waals surface area contributed by atoms with Crippen molar-refractivity contribution in [3.8, 4) is 0 Å². The smallest absolute Gasteiger partial charge is 0.349 e. The molecule has 7 atom stereocenters. The monoisotopic (exact) mass is 535 g/mol. The molecule has 0 aromatic rings. The summed E-state index contributed by atoms with van der Waals surface area (Å²) in [5.74, 6) is -1.01. The first kappa shape index (κ1) is 28.7. The summed E-state index contributed by atoms with van der Waals surface area (Å²) in [7, 11) is 5.08. The molecule has 0 radical (unpaired) electrons. The Balaban J connectivity index is 1.52. The van der Waals surface area contributed by atoms with Crippen LogP contribution in [0.1, 0.15) is 58.3 Å². The minimum absolute atomic E-state index is 0.0942. The third-order valence-electron chi connectivity index (χ3n) is 9.10. The quantitative estimate of drug-likeness (QED) is 0.0317. The zero-order valence-corrected chi connectivity index (χ0v) is 23.3. The number of ether oxygens (including phenoxy) is 2. The summed E-state index contributed by atoms with van der Waals surface area (Å²) in [5.41, 5.74) is 3.97. The van der Waals surface area contributed by atoms with Crippen molar-refractivity contribution in [3.63, 3.8) is 0 Å². The predicted molar refractivity (Wildman–Crippen MR) is 139 cm³/mol. The van der Waals surface area contributed by atoms with Crippen molar-refractivity contribution >= 4 is 23.5 Å². The normalized spacial score (nSPS) is 36.2. The summed E-state index contributed by atoms with van der Waals surface area (Å²) >= 11 is 0. The Hall–Kier alpha value is -2.34. The highest BCUT2D eigenvalue weighted by Gasteiger charge is 2.86. The van der Waals surface area contributed by atoms with Crippen LogP contribution in [0.25, 0.3) is 0 Å². The molecule has 212 valence electrons. The number of quaternary nitrogens is 2. The fourth-order valence-electron chi connectivity index (χ4n) is 6.97. The van der Waals surface area contributed by atoms with E-state index in [0.717, 1.165) is 50.9 Å². The van der Waals surface area contributed by atoms with Gasteiger partial charge in [0.05, 0.1) is 33.8 Å². The minimum Gasteiger partial charge on any atom is -0.466 e. The lowest BCUT2D eigenvalue weighted by molar-refractivity contribution is -0.717. The number of nitrogens with two attached hydrogens (primary N) is 3. The van der Waals surface area contributed by atoms with Crippen LogP contribution in [0.4, 0.5) is 0 Å². The number of carbonyl (C=O) groups excluding carboxylic acids is 3. The predicted octanol–water partition coefficient (Wildman–Crippen LogP) is -3.63. The first-order valence-electron chi connectivity index (χ1n) is 14.2. The van der Waals surface area contributed by atoms with E-state index in [0.29, 0.717) is 30.9 Å². The second-order valence-corrected chi connectivity index (χ2v) is 11.4. The molecule has 0 aromatic carbocycles. The lowest BCUT2D eigenvalue weighted by Gasteiger charge is -2.36. The fraction of sp³-hybridized carbons (Fsp3) is 0.778. The third-order valence-corrected chi connectivity index (χ3v) is 9.10. The minimum atomic E-state index is -1.79. The Kier molecular flexibility index (Phi) is 8.91. The molecule has 4 rings (SSSR count). The van der Waals surface area contributed by atoms with Crippen molar-refractivity contribution in [1.29, 1.82) is 0 Å². The molecule has 0 spiro atoms. The number of hydrogen-bond acceptors (Lipinski definition) is 6. The van der Waals surface area contributed by atoms with Gasteiger partial charge in [-0.1, -0.05) is 24.5 Å². The van der Waals surface area contributed by atoms with E-state index in [4.69, 9.17) is 15.2 Å². The van der Waals surface area contributed by atoms with Gasteiger partial charge in [0, 0.05) is 43.4 Å². The van der Waals surface area contributed by atoms with Crippen molar-refractivity contribution < 1.29 is 39.5 Å². The lowest BCUT2D eigenvalue weighted by atomic mass is 9.61. The van der Waals surface area contributed by atoms with Gasteiger partial charge in [-0.25, -0.2) is 10.1 Å². The van der Waals surface area contributed by atoms with Crippen LogP contribution in [0.15, 0.2) is 11.6 Å². The number of ketones is 2. The number of piperidine rings is 1. The summed E-state index contributed by atoms with van der Waals surface area (Å²) in [6.07, 6.45) is 8.40. The van der Waals surface area contributed by atoms with Gasteiger partial charge in [-0.15, -0.1) is 0 Å². The molecule has 7 unspecified atom stereocenters. The van der Waals surface area contributed by atoms with E-state index in [9.17, 15) is 14.4 Å². The average Bonchev–Trinajstić information content (AvgIpc) is 3.65. The van der Waals surface area contributed by atoms with Crippen molar-refractivity contribution in [3.05, 3.63) is 11.6 Å². The molecule has 11 nitrogen and oxygen atoms in total. The summed E-state index contributed by atoms with van der Waals surface area (Å²) < 4.78 is 10.9. The number of nitrogens with one attached hydrogen (secondary N) is 3. The first-order chi connectivity index (χ1) is 18.2. The van der Waals surface area contributed by atoms with Crippen LogP contribution in [0, 0.1) is 17.8 Å². The SMILES string of the molecule is C[NH+]=C(N)NC(CC(C)=CCC12OC1(C(=O)OC)C(=O)C1CCCCC1C2=O)C1CC[NH2+]C(NC[NH2+]C)C1. The molecule has 0 bridgehead atoms. The fourth-order valence-corrected chi connectivity index (χ4v) is 6.97. The Labute approximate surface area is 225 Å². The highest BCUT2D eigenvalue weighted by molar-refractivity contribution is 6.23. The molecule has 4 fully saturated rings. The average molecular weight is 536 g/mol. The summed E-state index contributed by atoms with van der Waals surface area (Å²) in [4.78, 5) is 43.1. The number of Topliss-reactive ketones (excluding diaryl/α,β-unsaturated/α-hetero) is 2. The molecule has 2 aliphatic carbocycles. The lowest BCUT2D eigenvalue weighted by Crippen LogP contribution is -2.98. The Morgan fingerprint density at radius 3 is 2.66 bits per heavy atom. The van der Waals surface area contributed by atoms with Gasteiger partial charge in [-0.05, 0) is 19.8 Å². The largest absolute Gasteiger partial charge is 0.466 e. The molecular formula is C27H47N6O5+3. The van der Waals surface area contributed by atoms with Gasteiger partial charge in [0.1, 0.15) is 12.8 Å². The van der Waals surface area contributed by atoms with Gasteiger partial charge in [-0.2, -0.15) is 0 Å². The van der Waals surface area contributed by atoms with Crippen LogP contribution >= 0.6 is 0 Å². The zero-order valence-electron chi connectivity index (χ0n) is 23.3. The Morgan fingerprint density at radius 1 is 1.29 bits per heavy atom. The number of fused-ring (bicyclic) bond motifs is 2. The molecule has 2 saturated heterocycles. The third kappa shape index (κ3) is 5.13. The van der Waals surface area contributed by atoms with Gasteiger partial charge in [0.2, 0.25) is 0 Å². The van der Waals surface area contributed by atoms with Gasteiger partial charge in [-0.3, -0.25) is 25.6 Å². The van der Waals surface area contributed by atoms with Crippen molar-refractivity contribution in [2.24, 2.45) is 23.5 Å². The molecule has 2 saturated carbocycles. The van der Waals surface area contributed by atoms with Crippen LogP contribution in [0.2, 0.25) is 0 Å². The summed E-state index contributed by atoms with van der Waals surface area (Å²) in [6, 6.07) is 0.0942. The van der Waals surface area contributed by atoms with Crippen molar-refractivity contribution in [2.75, 3.05) is 34.4 Å². The van der Waals surface area contributed by atoms with E-state index in [2.05, 4.69) is 26.3 Å². The molecule has 2 heterocycles. The number of epoxide rings is 1. The van der Waals surface area contributed by atoms with E-state index in [-0.39, 0.29) is 29.9 Å². The topological polar surface area (TPSA) is 170 Å². The van der Waals surface area contributed by atoms with E-state index in [1.807, 2.05) is 20.0 Å². The van der Waals surface area contributed by atoms with Crippen molar-refractivity contribution in [2.45, 2.75) is 81.7 Å². The maximum Gasteiger partial charge on any atom is 0.349 e. The van der Waals surface area contributed by atoms with Crippen molar-refractivity contribution in [1.82, 2.24) is 10.6 Å². The Morgan fingerprint density at radius 2 is 2.00 bits per heavy atom. The number of rotatable bonds is 10. The first-order valence-corrected chi connectivity index (χ1v) is 14.2. The molecule has 4 aliphatic rings. The van der Waals surface area contributed by atoms with Crippen LogP contribution in [0.3, 0.4) is 0 Å². The standard InChI is InChI=1S/C27H44N6O5/c1-16(13-20(33-25(28)30-3)17-10-12-31-21(14-17)32-15-29-2)9-11-26-22(34)18-7-5-6-8-19(18)23(35)27(26,38-26)24(36)37-4/h9,17-21,29,31-32H,5-8,10-15H2,1-4H3,(H3,28,30,33)/p+3. The number of methoxy groups -OCH3 is 1. The van der Waals surface area contributed by atoms with Crippen LogP contribution in [-0.4, -0.2) is 81.3 Å². The van der Waals surface area contributed by atoms with Gasteiger partial charge in [0.25, 0.3) is 5.60 Å². The maximum absolute atomic E-state index is 13.7. The van der Waals surface area contributed by atoms with E-state index in [1.165, 1.54) is 7.11 Å². The van der Waals surface area contributed by atoms with E-state index >= 15 is 0 Å². The summed E-state index contributed by atoms with van der Waals surface area (Å²) in [5, 5.41) is 11.5.